The average Bonchev–Trinajstić information content (AvgIpc) is 2.05. The van der Waals surface area contributed by atoms with Gasteiger partial charge in [0.05, 0.1) is 12.2 Å². The van der Waals surface area contributed by atoms with Crippen molar-refractivity contribution in [2.45, 2.75) is 6.54 Å². The van der Waals surface area contributed by atoms with Crippen molar-refractivity contribution >= 4 is 5.97 Å². The maximum Gasteiger partial charge on any atom is 0.354 e. The van der Waals surface area contributed by atoms with E-state index in [1.165, 1.54) is 6.07 Å². The molecule has 0 atom stereocenters. The van der Waals surface area contributed by atoms with Crippen LogP contribution in [-0.4, -0.2) is 21.3 Å². The second-order valence-corrected chi connectivity index (χ2v) is 2.15. The van der Waals surface area contributed by atoms with Gasteiger partial charge in [0, 0.05) is 0 Å². The Morgan fingerprint density at radius 1 is 1.58 bits per heavy atom. The lowest BCUT2D eigenvalue weighted by Gasteiger charge is -1.98. The molecule has 0 aliphatic carbocycles. The lowest BCUT2D eigenvalue weighted by Crippen LogP contribution is -2.10. The number of nitrogens with one attached hydrogen (secondary N) is 1. The summed E-state index contributed by atoms with van der Waals surface area (Å²) in [5.41, 5.74) is 2.35. The first-order valence-corrected chi connectivity index (χ1v) is 3.30. The Hall–Kier alpha value is -1.46. The van der Waals surface area contributed by atoms with Gasteiger partial charge in [-0.15, -0.1) is 0 Å². The molecule has 1 aromatic heterocycles. The van der Waals surface area contributed by atoms with Crippen LogP contribution in [0, 0.1) is 0 Å². The molecule has 5 nitrogen and oxygen atoms in total. The van der Waals surface area contributed by atoms with Crippen LogP contribution >= 0.6 is 0 Å². The van der Waals surface area contributed by atoms with E-state index in [-0.39, 0.29) is 12.2 Å². The Kier molecular flexibility index (Phi) is 2.73. The van der Waals surface area contributed by atoms with Crippen molar-refractivity contribution in [1.29, 1.82) is 0 Å². The molecule has 0 radical (unpaired) electrons. The zero-order valence-electron chi connectivity index (χ0n) is 6.19. The van der Waals surface area contributed by atoms with E-state index in [2.05, 4.69) is 4.98 Å². The van der Waals surface area contributed by atoms with E-state index in [0.717, 1.165) is 0 Å². The molecule has 0 aromatic carbocycles. The number of nitrogens with zero attached hydrogens (tertiary/aromatic N) is 1. The minimum atomic E-state index is -1.07. The lowest BCUT2D eigenvalue weighted by molar-refractivity contribution is 0.0689. The monoisotopic (exact) mass is 168 g/mol. The van der Waals surface area contributed by atoms with Crippen LogP contribution in [0.5, 0.6) is 0 Å². The third-order valence-electron chi connectivity index (χ3n) is 1.29. The highest BCUT2D eigenvalue weighted by Crippen LogP contribution is 1.98. The molecule has 0 aliphatic rings. The summed E-state index contributed by atoms with van der Waals surface area (Å²) in [5.74, 6) is -1.07. The van der Waals surface area contributed by atoms with Gasteiger partial charge >= 0.3 is 5.97 Å². The van der Waals surface area contributed by atoms with Gasteiger partial charge in [0.15, 0.2) is 0 Å². The van der Waals surface area contributed by atoms with E-state index in [9.17, 15) is 4.79 Å². The first kappa shape index (κ1) is 8.63. The number of hydrogen-bond acceptors (Lipinski definition) is 4. The first-order valence-electron chi connectivity index (χ1n) is 3.30. The number of rotatable bonds is 3. The van der Waals surface area contributed by atoms with Gasteiger partial charge in [-0.25, -0.2) is 9.78 Å². The largest absolute Gasteiger partial charge is 0.477 e. The van der Waals surface area contributed by atoms with Crippen LogP contribution in [0.2, 0.25) is 0 Å². The van der Waals surface area contributed by atoms with Gasteiger partial charge in [-0.05, 0) is 12.1 Å². The molecular weight excluding hydrogens is 160 g/mol. The van der Waals surface area contributed by atoms with Crippen molar-refractivity contribution in [2.75, 3.05) is 0 Å². The molecule has 0 spiro atoms. The van der Waals surface area contributed by atoms with Crippen LogP contribution in [0.25, 0.3) is 0 Å². The fourth-order valence-electron chi connectivity index (χ4n) is 0.778. The molecule has 0 bridgehead atoms. The highest BCUT2D eigenvalue weighted by Gasteiger charge is 2.03. The second kappa shape index (κ2) is 3.80. The lowest BCUT2D eigenvalue weighted by atomic mass is 10.3. The number of aromatic nitrogens is 1. The number of carbonyl (C=O) groups is 1. The zero-order valence-corrected chi connectivity index (χ0v) is 6.19. The minimum Gasteiger partial charge on any atom is -0.477 e. The Bertz CT molecular complexity index is 288. The van der Waals surface area contributed by atoms with E-state index in [0.29, 0.717) is 5.69 Å². The summed E-state index contributed by atoms with van der Waals surface area (Å²) in [4.78, 5) is 14.2. The number of carboxylic acid groups (broad SMARTS) is 1. The summed E-state index contributed by atoms with van der Waals surface area (Å²) in [6.45, 7) is 0.140. The Balaban J connectivity index is 2.88. The summed E-state index contributed by atoms with van der Waals surface area (Å²) in [5, 5.41) is 16.8. The number of carboxylic acids is 1. The molecular formula is C7H8N2O3. The average molecular weight is 168 g/mol. The highest BCUT2D eigenvalue weighted by atomic mass is 16.5. The minimum absolute atomic E-state index is 0.0252. The van der Waals surface area contributed by atoms with Gasteiger partial charge in [0.25, 0.3) is 0 Å². The van der Waals surface area contributed by atoms with Crippen molar-refractivity contribution < 1.29 is 15.1 Å². The Morgan fingerprint density at radius 3 is 2.92 bits per heavy atom. The molecule has 0 amide bonds. The van der Waals surface area contributed by atoms with Crippen LogP contribution in [0.1, 0.15) is 16.2 Å². The highest BCUT2D eigenvalue weighted by molar-refractivity contribution is 5.85. The number of hydroxylamine groups is 1. The van der Waals surface area contributed by atoms with Gasteiger partial charge in [-0.3, -0.25) is 0 Å². The summed E-state index contributed by atoms with van der Waals surface area (Å²) < 4.78 is 0. The topological polar surface area (TPSA) is 82.5 Å². The summed E-state index contributed by atoms with van der Waals surface area (Å²) in [7, 11) is 0. The van der Waals surface area contributed by atoms with Crippen LogP contribution in [-0.2, 0) is 6.54 Å². The quantitative estimate of drug-likeness (QED) is 0.564. The predicted molar refractivity (Wildman–Crippen MR) is 39.8 cm³/mol. The van der Waals surface area contributed by atoms with Gasteiger partial charge in [-0.2, -0.15) is 5.48 Å². The van der Waals surface area contributed by atoms with Crippen molar-refractivity contribution in [3.8, 4) is 0 Å². The summed E-state index contributed by atoms with van der Waals surface area (Å²) in [6, 6.07) is 4.59. The maximum absolute atomic E-state index is 10.4. The van der Waals surface area contributed by atoms with Crippen LogP contribution in [0.15, 0.2) is 18.2 Å². The summed E-state index contributed by atoms with van der Waals surface area (Å²) >= 11 is 0. The Morgan fingerprint density at radius 2 is 2.33 bits per heavy atom. The maximum atomic E-state index is 10.4. The smallest absolute Gasteiger partial charge is 0.354 e. The van der Waals surface area contributed by atoms with Gasteiger partial charge in [0.1, 0.15) is 5.69 Å². The fourth-order valence-corrected chi connectivity index (χ4v) is 0.778. The second-order valence-electron chi connectivity index (χ2n) is 2.15. The van der Waals surface area contributed by atoms with Crippen molar-refractivity contribution in [3.05, 3.63) is 29.6 Å². The van der Waals surface area contributed by atoms with E-state index >= 15 is 0 Å². The molecule has 3 N–H and O–H groups in total. The predicted octanol–water partition coefficient (Wildman–Crippen LogP) is 0.259. The SMILES string of the molecule is O=C(O)c1cccc(CNO)n1. The first-order chi connectivity index (χ1) is 5.74. The number of pyridine rings is 1. The van der Waals surface area contributed by atoms with E-state index < -0.39 is 5.97 Å². The molecule has 5 heteroatoms. The van der Waals surface area contributed by atoms with Crippen LogP contribution < -0.4 is 5.48 Å². The van der Waals surface area contributed by atoms with Crippen LogP contribution in [0.3, 0.4) is 0 Å². The number of hydrogen-bond donors (Lipinski definition) is 3. The van der Waals surface area contributed by atoms with Gasteiger partial charge in [0.2, 0.25) is 0 Å². The third-order valence-corrected chi connectivity index (χ3v) is 1.29. The molecule has 64 valence electrons. The molecule has 0 saturated carbocycles. The van der Waals surface area contributed by atoms with Gasteiger partial charge in [-0.1, -0.05) is 6.07 Å². The molecule has 1 aromatic rings. The van der Waals surface area contributed by atoms with E-state index in [4.69, 9.17) is 10.3 Å². The summed E-state index contributed by atoms with van der Waals surface area (Å²) in [6.07, 6.45) is 0. The van der Waals surface area contributed by atoms with Gasteiger partial charge < -0.3 is 10.3 Å². The van der Waals surface area contributed by atoms with E-state index in [1.54, 1.807) is 12.1 Å². The van der Waals surface area contributed by atoms with Crippen molar-refractivity contribution in [3.63, 3.8) is 0 Å². The van der Waals surface area contributed by atoms with E-state index in [1.807, 2.05) is 5.48 Å². The fraction of sp³-hybridized carbons (Fsp3) is 0.143. The normalized spacial score (nSPS) is 9.75. The number of aromatic carboxylic acids is 1. The molecule has 1 heterocycles. The molecule has 0 fully saturated rings. The third kappa shape index (κ3) is 2.01. The van der Waals surface area contributed by atoms with Crippen molar-refractivity contribution in [1.82, 2.24) is 10.5 Å². The van der Waals surface area contributed by atoms with Crippen LogP contribution in [0.4, 0.5) is 0 Å². The molecule has 1 rings (SSSR count). The van der Waals surface area contributed by atoms with Crippen molar-refractivity contribution in [2.24, 2.45) is 0 Å². The Labute approximate surface area is 68.6 Å². The molecule has 12 heavy (non-hydrogen) atoms. The molecule has 0 saturated heterocycles. The molecule has 0 aliphatic heterocycles. The standard InChI is InChI=1S/C7H8N2O3/c10-7(11)6-3-1-2-5(9-6)4-8-12/h1-3,8,12H,4H2,(H,10,11). The zero-order chi connectivity index (χ0) is 8.97. The molecule has 0 unspecified atom stereocenters.